The largest absolute Gasteiger partial charge is 0.310 e. The highest BCUT2D eigenvalue weighted by molar-refractivity contribution is 5.44. The maximum absolute atomic E-state index is 14.3. The van der Waals surface area contributed by atoms with E-state index in [4.69, 9.17) is 0 Å². The summed E-state index contributed by atoms with van der Waals surface area (Å²) in [5.41, 5.74) is 2.58. The minimum Gasteiger partial charge on any atom is -0.310 e. The second kappa shape index (κ2) is 5.37. The van der Waals surface area contributed by atoms with Crippen LogP contribution in [0.15, 0.2) is 30.5 Å². The van der Waals surface area contributed by atoms with Crippen LogP contribution in [0.25, 0.3) is 5.69 Å². The predicted molar refractivity (Wildman–Crippen MR) is 77.6 cm³/mol. The van der Waals surface area contributed by atoms with Crippen LogP contribution in [0.3, 0.4) is 0 Å². The molecule has 106 valence electrons. The Hall–Kier alpha value is -1.68. The van der Waals surface area contributed by atoms with Crippen LogP contribution in [0, 0.1) is 5.82 Å². The van der Waals surface area contributed by atoms with Gasteiger partial charge in [0.05, 0.1) is 5.69 Å². The van der Waals surface area contributed by atoms with Crippen molar-refractivity contribution in [1.29, 1.82) is 0 Å². The zero-order chi connectivity index (χ0) is 14.1. The quantitative estimate of drug-likeness (QED) is 0.902. The van der Waals surface area contributed by atoms with Gasteiger partial charge in [-0.15, -0.1) is 0 Å². The molecule has 1 aliphatic carbocycles. The van der Waals surface area contributed by atoms with Gasteiger partial charge in [0, 0.05) is 18.2 Å². The smallest absolute Gasteiger partial charge is 0.149 e. The average Bonchev–Trinajstić information content (AvgIpc) is 3.17. The van der Waals surface area contributed by atoms with Gasteiger partial charge in [0.15, 0.2) is 0 Å². The fourth-order valence-electron chi connectivity index (χ4n) is 2.60. The maximum Gasteiger partial charge on any atom is 0.149 e. The van der Waals surface area contributed by atoms with Crippen molar-refractivity contribution in [2.75, 3.05) is 6.54 Å². The van der Waals surface area contributed by atoms with Gasteiger partial charge >= 0.3 is 0 Å². The molecule has 3 rings (SSSR count). The Morgan fingerprint density at radius 3 is 2.90 bits per heavy atom. The van der Waals surface area contributed by atoms with Gasteiger partial charge in [-0.3, -0.25) is 0 Å². The third-order valence-corrected chi connectivity index (χ3v) is 3.83. The van der Waals surface area contributed by atoms with Crippen LogP contribution < -0.4 is 5.32 Å². The monoisotopic (exact) mass is 273 g/mol. The molecule has 2 aromatic rings. The van der Waals surface area contributed by atoms with Gasteiger partial charge in [-0.05, 0) is 44.0 Å². The van der Waals surface area contributed by atoms with Crippen molar-refractivity contribution in [2.45, 2.75) is 38.6 Å². The van der Waals surface area contributed by atoms with Crippen molar-refractivity contribution in [3.63, 3.8) is 0 Å². The zero-order valence-electron chi connectivity index (χ0n) is 11.9. The summed E-state index contributed by atoms with van der Waals surface area (Å²) >= 11 is 0. The van der Waals surface area contributed by atoms with Crippen LogP contribution in [-0.4, -0.2) is 16.3 Å². The highest BCUT2D eigenvalue weighted by Crippen LogP contribution is 2.39. The van der Waals surface area contributed by atoms with Crippen LogP contribution in [0.4, 0.5) is 4.39 Å². The Kier molecular flexibility index (Phi) is 3.57. The fourth-order valence-corrected chi connectivity index (χ4v) is 2.60. The molecule has 3 nitrogen and oxygen atoms in total. The molecular formula is C16H20FN3. The van der Waals surface area contributed by atoms with E-state index in [2.05, 4.69) is 17.3 Å². The van der Waals surface area contributed by atoms with Crippen LogP contribution in [0.5, 0.6) is 0 Å². The van der Waals surface area contributed by atoms with E-state index in [-0.39, 0.29) is 11.9 Å². The summed E-state index contributed by atoms with van der Waals surface area (Å²) < 4.78 is 16.0. The van der Waals surface area contributed by atoms with Gasteiger partial charge in [-0.1, -0.05) is 19.1 Å². The number of aromatic nitrogens is 2. The number of benzene rings is 1. The van der Waals surface area contributed by atoms with Crippen LogP contribution >= 0.6 is 0 Å². The molecule has 4 heteroatoms. The van der Waals surface area contributed by atoms with Crippen LogP contribution in [0.2, 0.25) is 0 Å². The predicted octanol–water partition coefficient (Wildman–Crippen LogP) is 3.56. The Morgan fingerprint density at radius 1 is 1.40 bits per heavy atom. The summed E-state index contributed by atoms with van der Waals surface area (Å²) in [7, 11) is 0. The molecule has 0 saturated heterocycles. The zero-order valence-corrected chi connectivity index (χ0v) is 11.9. The molecule has 1 aromatic heterocycles. The number of para-hydroxylation sites is 1. The molecule has 0 aliphatic heterocycles. The van der Waals surface area contributed by atoms with Crippen LogP contribution in [0.1, 0.15) is 49.9 Å². The Balaban J connectivity index is 2.01. The van der Waals surface area contributed by atoms with E-state index in [0.717, 1.165) is 17.8 Å². The summed E-state index contributed by atoms with van der Waals surface area (Å²) in [5, 5.41) is 7.89. The number of hydrogen-bond donors (Lipinski definition) is 1. The summed E-state index contributed by atoms with van der Waals surface area (Å²) in [6.07, 6.45) is 4.28. The van der Waals surface area contributed by atoms with E-state index in [1.165, 1.54) is 18.9 Å². The van der Waals surface area contributed by atoms with Crippen molar-refractivity contribution in [1.82, 2.24) is 15.1 Å². The molecule has 0 spiro atoms. The van der Waals surface area contributed by atoms with Gasteiger partial charge in [0.2, 0.25) is 0 Å². The number of nitrogens with zero attached hydrogens (tertiary/aromatic N) is 2. The van der Waals surface area contributed by atoms with Gasteiger partial charge in [0.25, 0.3) is 0 Å². The van der Waals surface area contributed by atoms with E-state index in [1.54, 1.807) is 10.7 Å². The maximum atomic E-state index is 14.3. The number of hydrogen-bond acceptors (Lipinski definition) is 2. The van der Waals surface area contributed by atoms with E-state index in [0.29, 0.717) is 11.6 Å². The molecule has 1 aromatic carbocycles. The fraction of sp³-hybridized carbons (Fsp3) is 0.438. The van der Waals surface area contributed by atoms with E-state index in [9.17, 15) is 4.39 Å². The molecule has 1 heterocycles. The van der Waals surface area contributed by atoms with Crippen LogP contribution in [-0.2, 0) is 0 Å². The van der Waals surface area contributed by atoms with E-state index in [1.807, 2.05) is 25.3 Å². The first kappa shape index (κ1) is 13.3. The molecular weight excluding hydrogens is 253 g/mol. The lowest BCUT2D eigenvalue weighted by atomic mass is 10.1. The van der Waals surface area contributed by atoms with E-state index >= 15 is 0 Å². The van der Waals surface area contributed by atoms with Gasteiger partial charge in [-0.25, -0.2) is 9.07 Å². The third-order valence-electron chi connectivity index (χ3n) is 3.83. The molecule has 1 aliphatic rings. The van der Waals surface area contributed by atoms with E-state index < -0.39 is 0 Å². The van der Waals surface area contributed by atoms with Crippen molar-refractivity contribution >= 4 is 0 Å². The molecule has 1 atom stereocenters. The third kappa shape index (κ3) is 2.48. The number of nitrogens with one attached hydrogen (secondary N) is 1. The second-order valence-electron chi connectivity index (χ2n) is 5.42. The molecule has 1 saturated carbocycles. The lowest BCUT2D eigenvalue weighted by Crippen LogP contribution is -2.20. The van der Waals surface area contributed by atoms with Gasteiger partial charge < -0.3 is 5.32 Å². The van der Waals surface area contributed by atoms with Crippen molar-refractivity contribution in [3.8, 4) is 5.69 Å². The lowest BCUT2D eigenvalue weighted by Gasteiger charge is -2.17. The first-order valence-electron chi connectivity index (χ1n) is 7.28. The first-order valence-corrected chi connectivity index (χ1v) is 7.28. The first-order chi connectivity index (χ1) is 9.70. The molecule has 0 amide bonds. The molecule has 0 bridgehead atoms. The number of halogens is 1. The molecule has 1 N–H and O–H groups in total. The molecule has 20 heavy (non-hydrogen) atoms. The van der Waals surface area contributed by atoms with Gasteiger partial charge in [0.1, 0.15) is 11.5 Å². The minimum atomic E-state index is -0.224. The van der Waals surface area contributed by atoms with Crippen molar-refractivity contribution < 1.29 is 4.39 Å². The summed E-state index contributed by atoms with van der Waals surface area (Å²) in [5.74, 6) is 0.357. The molecule has 1 unspecified atom stereocenters. The van der Waals surface area contributed by atoms with Gasteiger partial charge in [-0.2, -0.15) is 5.10 Å². The van der Waals surface area contributed by atoms with Crippen molar-refractivity contribution in [2.24, 2.45) is 0 Å². The Morgan fingerprint density at radius 2 is 2.20 bits per heavy atom. The number of rotatable bonds is 5. The molecule has 0 radical (unpaired) electrons. The summed E-state index contributed by atoms with van der Waals surface area (Å²) in [4.78, 5) is 0. The summed E-state index contributed by atoms with van der Waals surface area (Å²) in [6, 6.07) is 7.32. The molecule has 1 fully saturated rings. The minimum absolute atomic E-state index is 0.0966. The standard InChI is InChI=1S/C16H20FN3/c1-3-18-11(2)13-5-4-6-14(17)16(13)20-10-9-15(19-20)12-7-8-12/h4-6,9-12,18H,3,7-8H2,1-2H3. The highest BCUT2D eigenvalue weighted by Gasteiger charge is 2.26. The Bertz CT molecular complexity index is 602. The average molecular weight is 273 g/mol. The highest BCUT2D eigenvalue weighted by atomic mass is 19.1. The van der Waals surface area contributed by atoms with Crippen molar-refractivity contribution in [3.05, 3.63) is 47.5 Å². The SMILES string of the molecule is CCNC(C)c1cccc(F)c1-n1ccc(C2CC2)n1. The Labute approximate surface area is 118 Å². The lowest BCUT2D eigenvalue weighted by molar-refractivity contribution is 0.569. The second-order valence-corrected chi connectivity index (χ2v) is 5.42. The summed E-state index contributed by atoms with van der Waals surface area (Å²) in [6.45, 7) is 4.95. The normalized spacial score (nSPS) is 16.4. The topological polar surface area (TPSA) is 29.9 Å².